The minimum atomic E-state index is -3.24. The number of amides is 1. The van der Waals surface area contributed by atoms with Crippen molar-refractivity contribution in [1.82, 2.24) is 18.8 Å². The Morgan fingerprint density at radius 1 is 1.08 bits per heavy atom. The first kappa shape index (κ1) is 27.5. The van der Waals surface area contributed by atoms with Crippen molar-refractivity contribution in [1.29, 1.82) is 0 Å². The number of aromatic nitrogens is 2. The van der Waals surface area contributed by atoms with Crippen LogP contribution in [0.4, 0.5) is 5.95 Å². The molecule has 1 aliphatic heterocycles. The van der Waals surface area contributed by atoms with Crippen molar-refractivity contribution in [2.45, 2.75) is 38.3 Å². The average Bonchev–Trinajstić information content (AvgIpc) is 3.58. The molecule has 11 heteroatoms. The van der Waals surface area contributed by atoms with Gasteiger partial charge in [0.15, 0.2) is 0 Å². The second-order valence-electron chi connectivity index (χ2n) is 10.0. The topological polar surface area (TPSA) is 108 Å². The lowest BCUT2D eigenvalue weighted by molar-refractivity contribution is 0.102. The molecule has 1 fully saturated rings. The molecule has 0 spiro atoms. The average molecular weight is 568 g/mol. The van der Waals surface area contributed by atoms with Gasteiger partial charge in [-0.3, -0.25) is 15.0 Å². The zero-order chi connectivity index (χ0) is 27.6. The Morgan fingerprint density at radius 2 is 1.82 bits per heavy atom. The summed E-state index contributed by atoms with van der Waals surface area (Å²) in [7, 11) is -3.24. The number of thiophene rings is 1. The highest BCUT2D eigenvalue weighted by Gasteiger charge is 2.29. The van der Waals surface area contributed by atoms with Gasteiger partial charge in [0, 0.05) is 38.1 Å². The minimum Gasteiger partial charge on any atom is -0.387 e. The summed E-state index contributed by atoms with van der Waals surface area (Å²) in [6.45, 7) is 6.60. The Balaban J connectivity index is 1.37. The van der Waals surface area contributed by atoms with Crippen LogP contribution in [0.3, 0.4) is 0 Å². The number of imidazole rings is 1. The van der Waals surface area contributed by atoms with Crippen molar-refractivity contribution in [3.8, 4) is 0 Å². The van der Waals surface area contributed by atoms with Crippen molar-refractivity contribution in [3.63, 3.8) is 0 Å². The van der Waals surface area contributed by atoms with Gasteiger partial charge in [-0.15, -0.1) is 0 Å². The summed E-state index contributed by atoms with van der Waals surface area (Å²) in [4.78, 5) is 19.8. The van der Waals surface area contributed by atoms with Gasteiger partial charge in [-0.2, -0.15) is 15.6 Å². The van der Waals surface area contributed by atoms with Crippen LogP contribution in [0.15, 0.2) is 65.4 Å². The van der Waals surface area contributed by atoms with Crippen LogP contribution in [-0.2, 0) is 23.1 Å². The van der Waals surface area contributed by atoms with E-state index < -0.39 is 21.4 Å². The van der Waals surface area contributed by atoms with Gasteiger partial charge in [-0.05, 0) is 48.6 Å². The summed E-state index contributed by atoms with van der Waals surface area (Å²) >= 11 is 1.45. The maximum Gasteiger partial charge on any atom is 0.258 e. The van der Waals surface area contributed by atoms with E-state index in [2.05, 4.69) is 10.2 Å². The second-order valence-corrected chi connectivity index (χ2v) is 13.3. The Morgan fingerprint density at radius 3 is 2.49 bits per heavy atom. The predicted octanol–water partition coefficient (Wildman–Crippen LogP) is 3.94. The smallest absolute Gasteiger partial charge is 0.258 e. The summed E-state index contributed by atoms with van der Waals surface area (Å²) in [5.41, 5.74) is 3.91. The number of nitrogens with one attached hydrogen (secondary N) is 1. The minimum absolute atomic E-state index is 0.228. The molecule has 206 valence electrons. The summed E-state index contributed by atoms with van der Waals surface area (Å²) in [6.07, 6.45) is -0.779. The molecule has 1 saturated heterocycles. The van der Waals surface area contributed by atoms with Crippen LogP contribution in [0.2, 0.25) is 0 Å². The van der Waals surface area contributed by atoms with Crippen molar-refractivity contribution < 1.29 is 18.3 Å². The number of hydrogen-bond donors (Lipinski definition) is 2. The zero-order valence-corrected chi connectivity index (χ0v) is 23.7. The van der Waals surface area contributed by atoms with Gasteiger partial charge in [0.1, 0.15) is 0 Å². The molecule has 2 N–H and O–H groups in total. The van der Waals surface area contributed by atoms with E-state index in [1.807, 2.05) is 58.5 Å². The van der Waals surface area contributed by atoms with E-state index in [1.165, 1.54) is 11.3 Å². The van der Waals surface area contributed by atoms with Crippen LogP contribution < -0.4 is 5.32 Å². The molecule has 1 amide bonds. The number of aliphatic hydroxyl groups excluding tert-OH is 1. The lowest BCUT2D eigenvalue weighted by Gasteiger charge is -2.34. The van der Waals surface area contributed by atoms with E-state index in [1.54, 1.807) is 29.6 Å². The van der Waals surface area contributed by atoms with Gasteiger partial charge < -0.3 is 9.67 Å². The Kier molecular flexibility index (Phi) is 8.15. The highest BCUT2D eigenvalue weighted by atomic mass is 32.2. The molecular weight excluding hydrogens is 534 g/mol. The standard InChI is InChI=1S/C28H33N5O4S2/c1-20(2)39(36,37)32-13-11-31(12-14-32)17-21-8-9-25-24(16-21)29-28(30-27(35)23-10-15-38-19-23)33(25)18-26(34)22-6-4-3-5-7-22/h3-10,15-16,19-20,26,34H,11-14,17-18H2,1-2H3,(H,29,30,35). The van der Waals surface area contributed by atoms with Crippen molar-refractivity contribution in [3.05, 3.63) is 82.0 Å². The Bertz CT molecular complexity index is 1530. The van der Waals surface area contributed by atoms with E-state index in [0.717, 1.165) is 22.2 Å². The number of rotatable bonds is 9. The summed E-state index contributed by atoms with van der Waals surface area (Å²) in [5, 5.41) is 17.1. The van der Waals surface area contributed by atoms with Crippen LogP contribution in [0, 0.1) is 0 Å². The van der Waals surface area contributed by atoms with Gasteiger partial charge in [0.05, 0.1) is 34.5 Å². The van der Waals surface area contributed by atoms with Gasteiger partial charge in [-0.1, -0.05) is 36.4 Å². The number of benzene rings is 2. The van der Waals surface area contributed by atoms with E-state index in [4.69, 9.17) is 4.98 Å². The molecule has 0 saturated carbocycles. The number of fused-ring (bicyclic) bond motifs is 1. The molecule has 5 rings (SSSR count). The monoisotopic (exact) mass is 567 g/mol. The molecule has 4 aromatic rings. The number of anilines is 1. The molecule has 1 aliphatic rings. The van der Waals surface area contributed by atoms with E-state index in [9.17, 15) is 18.3 Å². The lowest BCUT2D eigenvalue weighted by Crippen LogP contribution is -2.49. The first-order valence-corrected chi connectivity index (χ1v) is 15.4. The SMILES string of the molecule is CC(C)S(=O)(=O)N1CCN(Cc2ccc3c(c2)nc(NC(=O)c2ccsc2)n3CC(O)c2ccccc2)CC1. The first-order valence-electron chi connectivity index (χ1n) is 13.0. The van der Waals surface area contributed by atoms with Crippen molar-refractivity contribution in [2.24, 2.45) is 0 Å². The number of hydrogen-bond acceptors (Lipinski definition) is 7. The third-order valence-electron chi connectivity index (χ3n) is 7.05. The van der Waals surface area contributed by atoms with Crippen LogP contribution >= 0.6 is 11.3 Å². The molecule has 9 nitrogen and oxygen atoms in total. The van der Waals surface area contributed by atoms with Crippen LogP contribution in [0.25, 0.3) is 11.0 Å². The summed E-state index contributed by atoms with van der Waals surface area (Å²) in [5.74, 6) is 0.122. The highest BCUT2D eigenvalue weighted by Crippen LogP contribution is 2.26. The number of aliphatic hydroxyl groups is 1. The molecule has 1 unspecified atom stereocenters. The fraction of sp³-hybridized carbons (Fsp3) is 0.357. The van der Waals surface area contributed by atoms with Gasteiger partial charge in [0.2, 0.25) is 16.0 Å². The molecule has 0 radical (unpaired) electrons. The van der Waals surface area contributed by atoms with Gasteiger partial charge in [0.25, 0.3) is 5.91 Å². The van der Waals surface area contributed by atoms with E-state index in [0.29, 0.717) is 44.2 Å². The van der Waals surface area contributed by atoms with Crippen molar-refractivity contribution >= 4 is 44.2 Å². The molecule has 3 heterocycles. The summed E-state index contributed by atoms with van der Waals surface area (Å²) in [6, 6.07) is 17.2. The normalized spacial score (nSPS) is 16.1. The zero-order valence-electron chi connectivity index (χ0n) is 22.0. The number of sulfonamides is 1. The molecular formula is C28H33N5O4S2. The van der Waals surface area contributed by atoms with Crippen molar-refractivity contribution in [2.75, 3.05) is 31.5 Å². The molecule has 1 atom stereocenters. The van der Waals surface area contributed by atoms with Crippen LogP contribution in [0.1, 0.15) is 41.4 Å². The molecule has 39 heavy (non-hydrogen) atoms. The predicted molar refractivity (Wildman–Crippen MR) is 154 cm³/mol. The largest absolute Gasteiger partial charge is 0.387 e. The fourth-order valence-corrected chi connectivity index (χ4v) is 6.68. The fourth-order valence-electron chi connectivity index (χ4n) is 4.77. The third kappa shape index (κ3) is 6.07. The third-order valence-corrected chi connectivity index (χ3v) is 10.0. The lowest BCUT2D eigenvalue weighted by atomic mass is 10.1. The van der Waals surface area contributed by atoms with E-state index in [-0.39, 0.29) is 12.5 Å². The van der Waals surface area contributed by atoms with E-state index >= 15 is 0 Å². The maximum atomic E-state index is 12.9. The highest BCUT2D eigenvalue weighted by molar-refractivity contribution is 7.89. The number of nitrogens with zero attached hydrogens (tertiary/aromatic N) is 4. The molecule has 0 bridgehead atoms. The van der Waals surface area contributed by atoms with Gasteiger partial charge in [-0.25, -0.2) is 13.4 Å². The maximum absolute atomic E-state index is 12.9. The second kappa shape index (κ2) is 11.6. The summed E-state index contributed by atoms with van der Waals surface area (Å²) < 4.78 is 28.4. The quantitative estimate of drug-likeness (QED) is 0.317. The Labute approximate surface area is 232 Å². The number of carbonyl (C=O) groups excluding carboxylic acids is 1. The van der Waals surface area contributed by atoms with Crippen LogP contribution in [-0.4, -0.2) is 69.6 Å². The molecule has 2 aromatic carbocycles. The number of piperazine rings is 1. The van der Waals surface area contributed by atoms with Crippen LogP contribution in [0.5, 0.6) is 0 Å². The first-order chi connectivity index (χ1) is 18.7. The molecule has 0 aliphatic carbocycles. The Hall–Kier alpha value is -3.09. The van der Waals surface area contributed by atoms with Gasteiger partial charge >= 0.3 is 0 Å². The molecule has 2 aromatic heterocycles. The number of carbonyl (C=O) groups is 1.